The lowest BCUT2D eigenvalue weighted by atomic mass is 9.25. The molecule has 2 fully saturated rings. The van der Waals surface area contributed by atoms with Gasteiger partial charge in [-0.2, -0.15) is 0 Å². The summed E-state index contributed by atoms with van der Waals surface area (Å²) in [4.78, 5) is 0. The monoisotopic (exact) mass is 230 g/mol. The van der Waals surface area contributed by atoms with Gasteiger partial charge in [-0.15, -0.1) is 0 Å². The van der Waals surface area contributed by atoms with Crippen LogP contribution in [0.5, 0.6) is 0 Å². The summed E-state index contributed by atoms with van der Waals surface area (Å²) in [7, 11) is 9.07. The van der Waals surface area contributed by atoms with Gasteiger partial charge in [-0.25, -0.2) is 0 Å². The Hall–Kier alpha value is 0.220. The third kappa shape index (κ3) is 2.03. The van der Waals surface area contributed by atoms with Crippen LogP contribution >= 0.6 is 0 Å². The smallest absolute Gasteiger partial charge is 0.103 e. The quantitative estimate of drug-likeness (QED) is 0.542. The van der Waals surface area contributed by atoms with Gasteiger partial charge in [0.05, 0.1) is 0 Å². The van der Waals surface area contributed by atoms with Gasteiger partial charge in [-0.1, -0.05) is 42.5 Å². The number of hydrogen-bond acceptors (Lipinski definition) is 1. The molecule has 0 aromatic carbocycles. The Morgan fingerprint density at radius 2 is 1.24 bits per heavy atom. The standard InChI is InChI=1S/C12H26B4O/c1-9(17)11(13,14)7-10(8-12(9,15)16)5-3-2-4-6-10/h17H,2-8,13-16H2,1H3. The Morgan fingerprint density at radius 3 is 1.65 bits per heavy atom. The van der Waals surface area contributed by atoms with Gasteiger partial charge in [0.1, 0.15) is 31.4 Å². The number of aliphatic hydroxyl groups is 1. The van der Waals surface area contributed by atoms with E-state index in [0.29, 0.717) is 5.41 Å². The van der Waals surface area contributed by atoms with Crippen LogP contribution in [0.4, 0.5) is 0 Å². The minimum atomic E-state index is -0.553. The molecule has 5 heteroatoms. The minimum Gasteiger partial charge on any atom is -0.392 e. The summed E-state index contributed by atoms with van der Waals surface area (Å²) in [6, 6.07) is 0. The van der Waals surface area contributed by atoms with Crippen molar-refractivity contribution >= 4 is 31.4 Å². The lowest BCUT2D eigenvalue weighted by Crippen LogP contribution is -2.59. The van der Waals surface area contributed by atoms with Crippen molar-refractivity contribution in [3.05, 3.63) is 0 Å². The highest BCUT2D eigenvalue weighted by molar-refractivity contribution is 6.46. The predicted octanol–water partition coefficient (Wildman–Crippen LogP) is -0.754. The van der Waals surface area contributed by atoms with Gasteiger partial charge in [-0.05, 0) is 25.2 Å². The van der Waals surface area contributed by atoms with E-state index in [1.54, 1.807) is 0 Å². The summed E-state index contributed by atoms with van der Waals surface area (Å²) < 4.78 is 0. The van der Waals surface area contributed by atoms with Crippen molar-refractivity contribution in [2.75, 3.05) is 0 Å². The van der Waals surface area contributed by atoms with Crippen molar-refractivity contribution in [3.8, 4) is 0 Å². The molecule has 0 unspecified atom stereocenters. The van der Waals surface area contributed by atoms with Crippen molar-refractivity contribution in [1.29, 1.82) is 0 Å². The topological polar surface area (TPSA) is 20.2 Å². The lowest BCUT2D eigenvalue weighted by Gasteiger charge is -2.63. The van der Waals surface area contributed by atoms with Crippen molar-refractivity contribution in [2.45, 2.75) is 67.9 Å². The maximum Gasteiger partial charge on any atom is 0.103 e. The van der Waals surface area contributed by atoms with Crippen LogP contribution in [0.2, 0.25) is 10.4 Å². The van der Waals surface area contributed by atoms with E-state index in [2.05, 4.69) is 38.3 Å². The van der Waals surface area contributed by atoms with E-state index in [1.807, 2.05) is 0 Å². The number of rotatable bonds is 0. The molecule has 0 atom stereocenters. The highest BCUT2D eigenvalue weighted by atomic mass is 16.3. The van der Waals surface area contributed by atoms with E-state index in [0.717, 1.165) is 0 Å². The van der Waals surface area contributed by atoms with Crippen molar-refractivity contribution in [3.63, 3.8) is 0 Å². The van der Waals surface area contributed by atoms with Gasteiger partial charge in [0, 0.05) is 5.60 Å². The van der Waals surface area contributed by atoms with Gasteiger partial charge >= 0.3 is 0 Å². The first-order chi connectivity index (χ1) is 7.62. The maximum atomic E-state index is 10.9. The van der Waals surface area contributed by atoms with E-state index in [1.165, 1.54) is 44.9 Å². The van der Waals surface area contributed by atoms with E-state index < -0.39 is 5.60 Å². The Labute approximate surface area is 110 Å². The predicted molar refractivity (Wildman–Crippen MR) is 84.9 cm³/mol. The molecule has 0 saturated heterocycles. The Bertz CT molecular complexity index is 284. The molecule has 0 bridgehead atoms. The highest BCUT2D eigenvalue weighted by Crippen LogP contribution is 2.65. The molecule has 0 aromatic heterocycles. The zero-order valence-corrected chi connectivity index (χ0v) is 12.4. The van der Waals surface area contributed by atoms with Crippen LogP contribution in [0.3, 0.4) is 0 Å². The van der Waals surface area contributed by atoms with Crippen LogP contribution < -0.4 is 0 Å². The van der Waals surface area contributed by atoms with Crippen LogP contribution in [0.15, 0.2) is 0 Å². The van der Waals surface area contributed by atoms with E-state index in [9.17, 15) is 5.11 Å². The SMILES string of the molecule is BC1(B)CC2(CCCCC2)CC(B)(B)C1(C)O. The molecule has 2 aliphatic carbocycles. The van der Waals surface area contributed by atoms with Crippen LogP contribution in [0.1, 0.15) is 51.9 Å². The molecule has 0 heterocycles. The molecule has 1 N–H and O–H groups in total. The fraction of sp³-hybridized carbons (Fsp3) is 1.00. The molecular weight excluding hydrogens is 203 g/mol. The summed E-state index contributed by atoms with van der Waals surface area (Å²) in [5.41, 5.74) is -0.0316. The minimum absolute atomic E-state index is 0.0338. The lowest BCUT2D eigenvalue weighted by molar-refractivity contribution is -0.0559. The molecule has 2 aliphatic rings. The molecule has 0 amide bonds. The van der Waals surface area contributed by atoms with E-state index in [-0.39, 0.29) is 10.4 Å². The third-order valence-corrected chi connectivity index (χ3v) is 6.18. The van der Waals surface area contributed by atoms with Gasteiger partial charge in [0.25, 0.3) is 0 Å². The third-order valence-electron chi connectivity index (χ3n) is 6.18. The van der Waals surface area contributed by atoms with E-state index >= 15 is 0 Å². The Balaban J connectivity index is 2.32. The Morgan fingerprint density at radius 1 is 0.824 bits per heavy atom. The second kappa shape index (κ2) is 3.85. The fourth-order valence-corrected chi connectivity index (χ4v) is 4.85. The average Bonchev–Trinajstić information content (AvgIpc) is 2.14. The van der Waals surface area contributed by atoms with Crippen molar-refractivity contribution in [2.24, 2.45) is 5.41 Å². The molecule has 2 rings (SSSR count). The van der Waals surface area contributed by atoms with Gasteiger partial charge < -0.3 is 5.11 Å². The second-order valence-electron chi connectivity index (χ2n) is 8.25. The maximum absolute atomic E-state index is 10.9. The Kier molecular flexibility index (Phi) is 3.09. The second-order valence-corrected chi connectivity index (χ2v) is 8.25. The van der Waals surface area contributed by atoms with E-state index in [4.69, 9.17) is 0 Å². The number of hydrogen-bond donors (Lipinski definition) is 1. The molecule has 17 heavy (non-hydrogen) atoms. The molecule has 0 aromatic rings. The van der Waals surface area contributed by atoms with Gasteiger partial charge in [0.2, 0.25) is 0 Å². The van der Waals surface area contributed by atoms with Crippen LogP contribution in [0, 0.1) is 5.41 Å². The summed E-state index contributed by atoms with van der Waals surface area (Å²) in [5.74, 6) is 0. The normalized spacial score (nSPS) is 33.3. The fourth-order valence-electron chi connectivity index (χ4n) is 4.85. The van der Waals surface area contributed by atoms with Crippen molar-refractivity contribution < 1.29 is 5.11 Å². The molecule has 92 valence electrons. The average molecular weight is 230 g/mol. The first-order valence-corrected chi connectivity index (χ1v) is 7.34. The summed E-state index contributed by atoms with van der Waals surface area (Å²) in [5, 5.41) is 11.0. The van der Waals surface area contributed by atoms with Gasteiger partial charge in [-0.3, -0.25) is 0 Å². The summed E-state index contributed by atoms with van der Waals surface area (Å²) in [6.07, 6.45) is 9.39. The summed E-state index contributed by atoms with van der Waals surface area (Å²) in [6.45, 7) is 2.06. The molecular formula is C12H26B4O. The first kappa shape index (κ1) is 13.6. The molecule has 0 aliphatic heterocycles. The molecule has 1 spiro atoms. The zero-order valence-electron chi connectivity index (χ0n) is 12.4. The first-order valence-electron chi connectivity index (χ1n) is 7.34. The van der Waals surface area contributed by atoms with Gasteiger partial charge in [0.15, 0.2) is 0 Å². The van der Waals surface area contributed by atoms with Crippen LogP contribution in [0.25, 0.3) is 0 Å². The largest absolute Gasteiger partial charge is 0.392 e. The molecule has 1 nitrogen and oxygen atoms in total. The zero-order chi connectivity index (χ0) is 12.9. The molecule has 2 saturated carbocycles. The summed E-state index contributed by atoms with van der Waals surface area (Å²) >= 11 is 0. The molecule has 0 radical (unpaired) electrons. The van der Waals surface area contributed by atoms with Crippen LogP contribution in [-0.2, 0) is 0 Å². The highest BCUT2D eigenvalue weighted by Gasteiger charge is 2.58. The van der Waals surface area contributed by atoms with Crippen molar-refractivity contribution in [1.82, 2.24) is 0 Å². The van der Waals surface area contributed by atoms with Crippen LogP contribution in [-0.4, -0.2) is 42.1 Å².